The van der Waals surface area contributed by atoms with Crippen molar-refractivity contribution in [3.05, 3.63) is 64.7 Å². The lowest BCUT2D eigenvalue weighted by Gasteiger charge is -2.17. The first-order chi connectivity index (χ1) is 11.0. The lowest BCUT2D eigenvalue weighted by molar-refractivity contribution is 0.0681. The van der Waals surface area contributed by atoms with Gasteiger partial charge in [0.1, 0.15) is 0 Å². The molecule has 0 spiro atoms. The molecule has 0 saturated heterocycles. The van der Waals surface area contributed by atoms with Gasteiger partial charge in [-0.25, -0.2) is 4.79 Å². The van der Waals surface area contributed by atoms with E-state index < -0.39 is 5.97 Å². The van der Waals surface area contributed by atoms with E-state index in [2.05, 4.69) is 0 Å². The maximum absolute atomic E-state index is 12.6. The highest BCUT2D eigenvalue weighted by atomic mass is 16.4. The standard InChI is InChI=1S/C18H18N2O3/c1-19(2)14-8-6-12(7-9-14)10-20-11-13-4-3-5-15(18(22)23)16(13)17(20)21/h3-9H,10-11H2,1-2H3,(H,22,23). The van der Waals surface area contributed by atoms with Crippen LogP contribution in [0.2, 0.25) is 0 Å². The fourth-order valence-electron chi connectivity index (χ4n) is 2.85. The zero-order valence-corrected chi connectivity index (χ0v) is 13.1. The highest BCUT2D eigenvalue weighted by Crippen LogP contribution is 2.27. The van der Waals surface area contributed by atoms with Gasteiger partial charge in [0.2, 0.25) is 0 Å². The van der Waals surface area contributed by atoms with E-state index in [9.17, 15) is 14.7 Å². The van der Waals surface area contributed by atoms with Crippen LogP contribution in [-0.2, 0) is 13.1 Å². The predicted molar refractivity (Wildman–Crippen MR) is 87.7 cm³/mol. The molecule has 2 aromatic rings. The van der Waals surface area contributed by atoms with Crippen molar-refractivity contribution in [2.45, 2.75) is 13.1 Å². The SMILES string of the molecule is CN(C)c1ccc(CN2Cc3cccc(C(=O)O)c3C2=O)cc1. The number of hydrogen-bond donors (Lipinski definition) is 1. The number of nitrogens with zero attached hydrogens (tertiary/aromatic N) is 2. The fraction of sp³-hybridized carbons (Fsp3) is 0.222. The summed E-state index contributed by atoms with van der Waals surface area (Å²) in [6, 6.07) is 13.0. The fourth-order valence-corrected chi connectivity index (χ4v) is 2.85. The van der Waals surface area contributed by atoms with Gasteiger partial charge in [0.05, 0.1) is 11.1 Å². The van der Waals surface area contributed by atoms with E-state index in [-0.39, 0.29) is 11.5 Å². The Kier molecular flexibility index (Phi) is 3.78. The van der Waals surface area contributed by atoms with E-state index >= 15 is 0 Å². The van der Waals surface area contributed by atoms with Gasteiger partial charge in [-0.15, -0.1) is 0 Å². The second kappa shape index (κ2) is 5.76. The summed E-state index contributed by atoms with van der Waals surface area (Å²) >= 11 is 0. The molecule has 0 bridgehead atoms. The Balaban J connectivity index is 1.82. The first kappa shape index (κ1) is 15.1. The van der Waals surface area contributed by atoms with Gasteiger partial charge < -0.3 is 14.9 Å². The van der Waals surface area contributed by atoms with Crippen LogP contribution in [0.1, 0.15) is 31.8 Å². The van der Waals surface area contributed by atoms with E-state index in [0.717, 1.165) is 16.8 Å². The van der Waals surface area contributed by atoms with Gasteiger partial charge >= 0.3 is 5.97 Å². The zero-order chi connectivity index (χ0) is 16.6. The molecule has 3 rings (SSSR count). The molecule has 118 valence electrons. The van der Waals surface area contributed by atoms with Crippen molar-refractivity contribution in [1.29, 1.82) is 0 Å². The molecule has 0 unspecified atom stereocenters. The van der Waals surface area contributed by atoms with Crippen LogP contribution in [0.3, 0.4) is 0 Å². The molecule has 0 atom stereocenters. The third-order valence-corrected chi connectivity index (χ3v) is 4.07. The van der Waals surface area contributed by atoms with E-state index in [1.807, 2.05) is 49.3 Å². The smallest absolute Gasteiger partial charge is 0.336 e. The first-order valence-electron chi connectivity index (χ1n) is 7.38. The average molecular weight is 310 g/mol. The third-order valence-electron chi connectivity index (χ3n) is 4.07. The summed E-state index contributed by atoms with van der Waals surface area (Å²) in [6.45, 7) is 0.922. The Morgan fingerprint density at radius 3 is 2.48 bits per heavy atom. The molecule has 1 N–H and O–H groups in total. The third kappa shape index (κ3) is 2.77. The number of amides is 1. The normalized spacial score (nSPS) is 13.1. The number of fused-ring (bicyclic) bond motifs is 1. The van der Waals surface area contributed by atoms with Crippen molar-refractivity contribution in [3.8, 4) is 0 Å². The van der Waals surface area contributed by atoms with Crippen molar-refractivity contribution >= 4 is 17.6 Å². The van der Waals surface area contributed by atoms with Crippen LogP contribution >= 0.6 is 0 Å². The zero-order valence-electron chi connectivity index (χ0n) is 13.1. The molecule has 0 fully saturated rings. The van der Waals surface area contributed by atoms with Crippen molar-refractivity contribution in [3.63, 3.8) is 0 Å². The van der Waals surface area contributed by atoms with Gasteiger partial charge in [0, 0.05) is 32.9 Å². The predicted octanol–water partition coefficient (Wildman–Crippen LogP) is 2.61. The summed E-state index contributed by atoms with van der Waals surface area (Å²) in [5.41, 5.74) is 3.30. The maximum atomic E-state index is 12.6. The minimum absolute atomic E-state index is 0.0814. The van der Waals surface area contributed by atoms with Crippen LogP contribution in [0, 0.1) is 0 Å². The Hall–Kier alpha value is -2.82. The van der Waals surface area contributed by atoms with Crippen molar-refractivity contribution < 1.29 is 14.7 Å². The molecule has 1 aliphatic rings. The molecule has 2 aromatic carbocycles. The Morgan fingerprint density at radius 2 is 1.87 bits per heavy atom. The second-order valence-corrected chi connectivity index (χ2v) is 5.87. The minimum Gasteiger partial charge on any atom is -0.478 e. The largest absolute Gasteiger partial charge is 0.478 e. The number of hydrogen-bond acceptors (Lipinski definition) is 3. The minimum atomic E-state index is -1.06. The molecule has 0 saturated carbocycles. The van der Waals surface area contributed by atoms with Crippen LogP contribution < -0.4 is 4.90 Å². The Labute approximate surface area is 134 Å². The molecule has 1 amide bonds. The molecule has 1 aliphatic heterocycles. The quantitative estimate of drug-likeness (QED) is 0.943. The molecular weight excluding hydrogens is 292 g/mol. The highest BCUT2D eigenvalue weighted by Gasteiger charge is 2.31. The summed E-state index contributed by atoms with van der Waals surface area (Å²) in [4.78, 5) is 27.5. The summed E-state index contributed by atoms with van der Waals surface area (Å²) in [5.74, 6) is -1.28. The van der Waals surface area contributed by atoms with Gasteiger partial charge in [-0.2, -0.15) is 0 Å². The van der Waals surface area contributed by atoms with Crippen LogP contribution in [0.5, 0.6) is 0 Å². The van der Waals surface area contributed by atoms with Crippen molar-refractivity contribution in [1.82, 2.24) is 4.90 Å². The number of benzene rings is 2. The van der Waals surface area contributed by atoms with E-state index in [0.29, 0.717) is 18.7 Å². The number of carboxylic acids is 1. The van der Waals surface area contributed by atoms with Crippen LogP contribution in [-0.4, -0.2) is 36.0 Å². The summed E-state index contributed by atoms with van der Waals surface area (Å²) in [5, 5.41) is 9.25. The molecule has 1 heterocycles. The topological polar surface area (TPSA) is 60.9 Å². The highest BCUT2D eigenvalue weighted by molar-refractivity contribution is 6.07. The summed E-state index contributed by atoms with van der Waals surface area (Å²) in [7, 11) is 3.95. The van der Waals surface area contributed by atoms with E-state index in [1.165, 1.54) is 6.07 Å². The molecular formula is C18H18N2O3. The summed E-state index contributed by atoms with van der Waals surface area (Å²) < 4.78 is 0. The van der Waals surface area contributed by atoms with Crippen molar-refractivity contribution in [2.75, 3.05) is 19.0 Å². The summed E-state index contributed by atoms with van der Waals surface area (Å²) in [6.07, 6.45) is 0. The van der Waals surface area contributed by atoms with E-state index in [4.69, 9.17) is 0 Å². The molecule has 23 heavy (non-hydrogen) atoms. The van der Waals surface area contributed by atoms with Crippen LogP contribution in [0.25, 0.3) is 0 Å². The van der Waals surface area contributed by atoms with Gasteiger partial charge in [0.25, 0.3) is 5.91 Å². The number of carboxylic acid groups (broad SMARTS) is 1. The number of carbonyl (C=O) groups excluding carboxylic acids is 1. The van der Waals surface area contributed by atoms with Gasteiger partial charge in [-0.1, -0.05) is 24.3 Å². The van der Waals surface area contributed by atoms with Crippen LogP contribution in [0.15, 0.2) is 42.5 Å². The first-order valence-corrected chi connectivity index (χ1v) is 7.38. The number of rotatable bonds is 4. The van der Waals surface area contributed by atoms with E-state index in [1.54, 1.807) is 11.0 Å². The maximum Gasteiger partial charge on any atom is 0.336 e. The molecule has 5 nitrogen and oxygen atoms in total. The molecule has 5 heteroatoms. The number of carbonyl (C=O) groups is 2. The van der Waals surface area contributed by atoms with Gasteiger partial charge in [-0.05, 0) is 29.3 Å². The average Bonchev–Trinajstić information content (AvgIpc) is 2.84. The lowest BCUT2D eigenvalue weighted by atomic mass is 10.0. The number of aromatic carboxylic acids is 1. The molecule has 0 radical (unpaired) electrons. The van der Waals surface area contributed by atoms with Crippen LogP contribution in [0.4, 0.5) is 5.69 Å². The molecule has 0 aromatic heterocycles. The van der Waals surface area contributed by atoms with Gasteiger partial charge in [-0.3, -0.25) is 4.79 Å². The molecule has 0 aliphatic carbocycles. The lowest BCUT2D eigenvalue weighted by Crippen LogP contribution is -2.24. The Morgan fingerprint density at radius 1 is 1.17 bits per heavy atom. The van der Waals surface area contributed by atoms with Crippen molar-refractivity contribution in [2.24, 2.45) is 0 Å². The number of anilines is 1. The second-order valence-electron chi connectivity index (χ2n) is 5.87. The Bertz CT molecular complexity index is 766. The van der Waals surface area contributed by atoms with Gasteiger partial charge in [0.15, 0.2) is 0 Å². The monoisotopic (exact) mass is 310 g/mol.